The Morgan fingerprint density at radius 1 is 1.35 bits per heavy atom. The van der Waals surface area contributed by atoms with Crippen LogP contribution in [0.5, 0.6) is 0 Å². The minimum absolute atomic E-state index is 0.0130. The van der Waals surface area contributed by atoms with E-state index in [2.05, 4.69) is 0 Å². The highest BCUT2D eigenvalue weighted by atomic mass is 35.5. The van der Waals surface area contributed by atoms with E-state index in [4.69, 9.17) is 21.4 Å². The first-order chi connectivity index (χ1) is 10.5. The van der Waals surface area contributed by atoms with Crippen LogP contribution in [0.1, 0.15) is 24.2 Å². The summed E-state index contributed by atoms with van der Waals surface area (Å²) in [5, 5.41) is 18.3. The monoisotopic (exact) mass is 365 g/mol. The van der Waals surface area contributed by atoms with E-state index in [1.807, 2.05) is 4.72 Å². The summed E-state index contributed by atoms with van der Waals surface area (Å²) in [6, 6.07) is 3.37. The summed E-state index contributed by atoms with van der Waals surface area (Å²) < 4.78 is 31.0. The number of hydrogen-bond acceptors (Lipinski definition) is 6. The lowest BCUT2D eigenvalue weighted by Crippen LogP contribution is -2.46. The van der Waals surface area contributed by atoms with Gasteiger partial charge in [-0.2, -0.15) is 0 Å². The van der Waals surface area contributed by atoms with Crippen LogP contribution in [0.25, 0.3) is 0 Å². The third-order valence-electron chi connectivity index (χ3n) is 2.76. The van der Waals surface area contributed by atoms with Gasteiger partial charge in [-0.1, -0.05) is 11.6 Å². The number of carboxylic acid groups (broad SMARTS) is 1. The molecule has 1 aromatic carbocycles. The minimum Gasteiger partial charge on any atom is -0.479 e. The maximum Gasteiger partial charge on any atom is 0.338 e. The zero-order chi connectivity index (χ0) is 17.8. The van der Waals surface area contributed by atoms with Gasteiger partial charge in [-0.3, -0.25) is 0 Å². The van der Waals surface area contributed by atoms with E-state index < -0.39 is 34.1 Å². The summed E-state index contributed by atoms with van der Waals surface area (Å²) in [6.07, 6.45) is 0. The molecule has 23 heavy (non-hydrogen) atoms. The lowest BCUT2D eigenvalue weighted by Gasteiger charge is -2.18. The number of benzene rings is 1. The molecular weight excluding hydrogens is 350 g/mol. The highest BCUT2D eigenvalue weighted by Crippen LogP contribution is 2.20. The van der Waals surface area contributed by atoms with Crippen molar-refractivity contribution in [3.8, 4) is 0 Å². The lowest BCUT2D eigenvalue weighted by atomic mass is 10.1. The van der Waals surface area contributed by atoms with Crippen molar-refractivity contribution in [3.05, 3.63) is 28.8 Å². The molecule has 0 amide bonds. The van der Waals surface area contributed by atoms with Gasteiger partial charge in [0.1, 0.15) is 0 Å². The fourth-order valence-electron chi connectivity index (χ4n) is 1.44. The molecule has 0 aliphatic carbocycles. The molecule has 3 N–H and O–H groups in total. The number of carbonyl (C=O) groups is 2. The molecule has 1 unspecified atom stereocenters. The molecule has 10 heteroatoms. The maximum atomic E-state index is 12.2. The van der Waals surface area contributed by atoms with Crippen molar-refractivity contribution in [2.45, 2.75) is 24.3 Å². The predicted octanol–water partition coefficient (Wildman–Crippen LogP) is 0.631. The molecule has 0 spiro atoms. The van der Waals surface area contributed by atoms with E-state index in [1.165, 1.54) is 6.07 Å². The molecule has 1 atom stereocenters. The fraction of sp³-hybridized carbons (Fsp3) is 0.385. The third kappa shape index (κ3) is 5.17. The summed E-state index contributed by atoms with van der Waals surface area (Å²) >= 11 is 5.80. The van der Waals surface area contributed by atoms with Crippen molar-refractivity contribution < 1.29 is 33.0 Å². The average molecular weight is 366 g/mol. The number of aliphatic carboxylic acids is 1. The van der Waals surface area contributed by atoms with Gasteiger partial charge in [-0.25, -0.2) is 22.7 Å². The van der Waals surface area contributed by atoms with Gasteiger partial charge in [0.05, 0.1) is 23.6 Å². The number of hydrogen-bond donors (Lipinski definition) is 3. The first-order valence-electron chi connectivity index (χ1n) is 6.43. The van der Waals surface area contributed by atoms with Gasteiger partial charge in [0.15, 0.2) is 5.60 Å². The van der Waals surface area contributed by atoms with Crippen molar-refractivity contribution >= 4 is 33.6 Å². The molecule has 8 nitrogen and oxygen atoms in total. The standard InChI is InChI=1S/C13H16ClNO7S/c1-3-22-11(16)8-4-9(14)6-10(5-8)23(20,21)15-7-13(2,19)12(17)18/h4-6,15,19H,3,7H2,1-2H3,(H,17,18). The number of rotatable bonds is 7. The van der Waals surface area contributed by atoms with E-state index in [0.29, 0.717) is 0 Å². The SMILES string of the molecule is CCOC(=O)c1cc(Cl)cc(S(=O)(=O)NCC(C)(O)C(=O)O)c1. The summed E-state index contributed by atoms with van der Waals surface area (Å²) in [6.45, 7) is 1.88. The maximum absolute atomic E-state index is 12.2. The van der Waals surface area contributed by atoms with Gasteiger partial charge < -0.3 is 14.9 Å². The van der Waals surface area contributed by atoms with Crippen LogP contribution in [0.2, 0.25) is 5.02 Å². The van der Waals surface area contributed by atoms with Crippen molar-refractivity contribution in [1.82, 2.24) is 4.72 Å². The summed E-state index contributed by atoms with van der Waals surface area (Å²) in [5.74, 6) is -2.33. The zero-order valence-electron chi connectivity index (χ0n) is 12.4. The Kier molecular flexibility index (Phi) is 6.11. The van der Waals surface area contributed by atoms with E-state index >= 15 is 0 Å². The molecule has 0 fully saturated rings. The Morgan fingerprint density at radius 2 is 1.96 bits per heavy atom. The van der Waals surface area contributed by atoms with Gasteiger partial charge in [-0.15, -0.1) is 0 Å². The molecule has 0 aliphatic rings. The van der Waals surface area contributed by atoms with Crippen molar-refractivity contribution in [1.29, 1.82) is 0 Å². The second-order valence-corrected chi connectivity index (χ2v) is 7.00. The molecule has 128 valence electrons. The summed E-state index contributed by atoms with van der Waals surface area (Å²) in [5.41, 5.74) is -2.35. The lowest BCUT2D eigenvalue weighted by molar-refractivity contribution is -0.155. The summed E-state index contributed by atoms with van der Waals surface area (Å²) in [4.78, 5) is 22.1. The highest BCUT2D eigenvalue weighted by Gasteiger charge is 2.32. The van der Waals surface area contributed by atoms with Crippen LogP contribution in [0, 0.1) is 0 Å². The third-order valence-corrected chi connectivity index (χ3v) is 4.36. The smallest absolute Gasteiger partial charge is 0.338 e. The van der Waals surface area contributed by atoms with Crippen LogP contribution in [0.4, 0.5) is 0 Å². The number of esters is 1. The number of carbonyl (C=O) groups excluding carboxylic acids is 1. The molecule has 0 aliphatic heterocycles. The Morgan fingerprint density at radius 3 is 2.48 bits per heavy atom. The van der Waals surface area contributed by atoms with Crippen LogP contribution < -0.4 is 4.72 Å². The number of aliphatic hydroxyl groups is 1. The minimum atomic E-state index is -4.19. The Bertz CT molecular complexity index is 715. The van der Waals surface area contributed by atoms with E-state index in [-0.39, 0.29) is 22.1 Å². The van der Waals surface area contributed by atoms with Crippen LogP contribution in [0.3, 0.4) is 0 Å². The molecule has 0 radical (unpaired) electrons. The molecule has 0 bridgehead atoms. The average Bonchev–Trinajstić information content (AvgIpc) is 2.45. The molecule has 0 aromatic heterocycles. The fourth-order valence-corrected chi connectivity index (χ4v) is 2.95. The zero-order valence-corrected chi connectivity index (χ0v) is 13.9. The molecule has 0 saturated carbocycles. The predicted molar refractivity (Wildman–Crippen MR) is 80.9 cm³/mol. The largest absolute Gasteiger partial charge is 0.479 e. The second kappa shape index (κ2) is 7.26. The molecule has 0 saturated heterocycles. The van der Waals surface area contributed by atoms with E-state index in [9.17, 15) is 23.1 Å². The second-order valence-electron chi connectivity index (χ2n) is 4.80. The number of carboxylic acids is 1. The van der Waals surface area contributed by atoms with Gasteiger partial charge >= 0.3 is 11.9 Å². The van der Waals surface area contributed by atoms with E-state index in [0.717, 1.165) is 19.1 Å². The van der Waals surface area contributed by atoms with E-state index in [1.54, 1.807) is 6.92 Å². The van der Waals surface area contributed by atoms with Gasteiger partial charge in [-0.05, 0) is 32.0 Å². The van der Waals surface area contributed by atoms with Crippen molar-refractivity contribution in [2.24, 2.45) is 0 Å². The topological polar surface area (TPSA) is 130 Å². The van der Waals surface area contributed by atoms with Crippen LogP contribution >= 0.6 is 11.6 Å². The molecule has 0 heterocycles. The van der Waals surface area contributed by atoms with Gasteiger partial charge in [0, 0.05) is 5.02 Å². The Labute approximate surface area is 138 Å². The number of ether oxygens (including phenoxy) is 1. The number of sulfonamides is 1. The van der Waals surface area contributed by atoms with Gasteiger partial charge in [0.2, 0.25) is 10.0 Å². The van der Waals surface area contributed by atoms with Crippen LogP contribution in [-0.4, -0.2) is 49.3 Å². The molecule has 1 aromatic rings. The Hall–Kier alpha value is -1.68. The number of nitrogens with one attached hydrogen (secondary N) is 1. The Balaban J connectivity index is 3.09. The van der Waals surface area contributed by atoms with Crippen LogP contribution in [0.15, 0.2) is 23.1 Å². The van der Waals surface area contributed by atoms with Crippen molar-refractivity contribution in [2.75, 3.05) is 13.2 Å². The molecule has 1 rings (SSSR count). The normalized spacial score (nSPS) is 14.1. The highest BCUT2D eigenvalue weighted by molar-refractivity contribution is 7.89. The molecular formula is C13H16ClNO7S. The van der Waals surface area contributed by atoms with Gasteiger partial charge in [0.25, 0.3) is 0 Å². The van der Waals surface area contributed by atoms with Crippen molar-refractivity contribution in [3.63, 3.8) is 0 Å². The summed E-state index contributed by atoms with van der Waals surface area (Å²) in [7, 11) is -4.19. The quantitative estimate of drug-likeness (QED) is 0.604. The number of halogens is 1. The van der Waals surface area contributed by atoms with Crippen LogP contribution in [-0.2, 0) is 19.6 Å². The first kappa shape index (κ1) is 19.4. The first-order valence-corrected chi connectivity index (χ1v) is 8.29.